The molecule has 65 heavy (non-hydrogen) atoms. The van der Waals surface area contributed by atoms with Gasteiger partial charge in [0.1, 0.15) is 19.6 Å². The monoisotopic (exact) mass is 963 g/mol. The van der Waals surface area contributed by atoms with Crippen LogP contribution in [0.2, 0.25) is 0 Å². The Morgan fingerprint density at radius 3 is 1.15 bits per heavy atom. The van der Waals surface area contributed by atoms with Crippen LogP contribution in [-0.2, 0) is 40.5 Å². The van der Waals surface area contributed by atoms with Gasteiger partial charge in [-0.05, 0) is 111 Å². The number of anilines is 4. The first-order valence-electron chi connectivity index (χ1n) is 18.3. The van der Waals surface area contributed by atoms with E-state index in [0.717, 1.165) is 24.3 Å². The minimum atomic E-state index is -4.87. The molecule has 7 N–H and O–H groups in total. The van der Waals surface area contributed by atoms with Crippen LogP contribution in [0.3, 0.4) is 0 Å². The van der Waals surface area contributed by atoms with Crippen LogP contribution in [0, 0.1) is 27.7 Å². The zero-order valence-electron chi connectivity index (χ0n) is 33.8. The number of rotatable bonds is 12. The highest BCUT2D eigenvalue weighted by Gasteiger charge is 2.23. The smallest absolute Gasteiger partial charge is 0.320 e. The van der Waals surface area contributed by atoms with E-state index in [1.54, 1.807) is 52.0 Å². The van der Waals surface area contributed by atoms with Crippen LogP contribution in [0.15, 0.2) is 125 Å². The topological polar surface area (TPSA) is 350 Å². The number of hydrogen-bond donors (Lipinski definition) is 7. The summed E-state index contributed by atoms with van der Waals surface area (Å²) in [4.78, 5) is 9.79. The minimum Gasteiger partial charge on any atom is -0.479 e. The first-order valence-corrected chi connectivity index (χ1v) is 24.1. The normalized spacial score (nSPS) is 12.7. The average Bonchev–Trinajstić information content (AvgIpc) is 3.19. The highest BCUT2D eigenvalue weighted by molar-refractivity contribution is 7.87. The van der Waals surface area contributed by atoms with Crippen molar-refractivity contribution in [3.8, 4) is 6.01 Å². The van der Waals surface area contributed by atoms with Gasteiger partial charge in [-0.3, -0.25) is 18.2 Å². The number of fused-ring (bicyclic) bond motifs is 2. The summed E-state index contributed by atoms with van der Waals surface area (Å²) in [5.74, 6) is -0.144. The Balaban J connectivity index is 1.13. The van der Waals surface area contributed by atoms with E-state index in [4.69, 9.17) is 0 Å². The van der Waals surface area contributed by atoms with Crippen molar-refractivity contribution >= 4 is 108 Å². The van der Waals surface area contributed by atoms with E-state index in [1.165, 1.54) is 36.4 Å². The predicted octanol–water partition coefficient (Wildman–Crippen LogP) is 8.42. The van der Waals surface area contributed by atoms with Gasteiger partial charge in [0.2, 0.25) is 11.9 Å². The van der Waals surface area contributed by atoms with Gasteiger partial charge in [0.05, 0.1) is 22.7 Å². The van der Waals surface area contributed by atoms with Gasteiger partial charge in [-0.1, -0.05) is 24.3 Å². The van der Waals surface area contributed by atoms with Crippen LogP contribution in [0.25, 0.3) is 21.5 Å². The highest BCUT2D eigenvalue weighted by atomic mass is 32.2. The number of nitrogens with one attached hydrogen (secondary N) is 2. The van der Waals surface area contributed by atoms with Crippen LogP contribution in [0.5, 0.6) is 6.01 Å². The zero-order valence-corrected chi connectivity index (χ0v) is 37.1. The maximum absolute atomic E-state index is 12.2. The van der Waals surface area contributed by atoms with Crippen molar-refractivity contribution in [1.29, 1.82) is 0 Å². The Morgan fingerprint density at radius 2 is 0.800 bits per heavy atom. The molecular weight excluding hydrogens is 931 g/mol. The number of aryl methyl sites for hydroxylation is 4. The minimum absolute atomic E-state index is 0.0722. The van der Waals surface area contributed by atoms with Crippen LogP contribution >= 0.6 is 0 Å². The standard InChI is InChI=1S/C39H33N9O13S4/c1-19-13-31(47-45-23-15-27-25(35(17-23)64(56,57)58)7-5-9-33(27)62(50,51)52)21(3)11-29(19)40-37-42-38(44-39(49)43-37)41-30-12-22(4)32(14-20(30)2)48-46-24-16-28-26(36(18-24)65(59,60)61)8-6-10-34(28)63(53,54)55/h5-18H,1-4H3,(H,50,51,52)(H,53,54,55)(H,56,57,58)(H,59,60,61)(H3,40,41,42,43,44,49). The molecular formula is C39H33N9O13S4. The van der Waals surface area contributed by atoms with Gasteiger partial charge < -0.3 is 15.7 Å². The summed E-state index contributed by atoms with van der Waals surface area (Å²) in [7, 11) is -19.4. The molecule has 7 aromatic rings. The molecule has 1 heterocycles. The maximum Gasteiger partial charge on any atom is 0.320 e. The Morgan fingerprint density at radius 1 is 0.431 bits per heavy atom. The van der Waals surface area contributed by atoms with Gasteiger partial charge in [0, 0.05) is 32.9 Å². The molecule has 0 aliphatic rings. The van der Waals surface area contributed by atoms with Crippen molar-refractivity contribution in [2.24, 2.45) is 20.5 Å². The second kappa shape index (κ2) is 16.9. The fourth-order valence-corrected chi connectivity index (χ4v) is 9.48. The lowest BCUT2D eigenvalue weighted by molar-refractivity contribution is 0.430. The molecule has 0 saturated carbocycles. The van der Waals surface area contributed by atoms with E-state index in [-0.39, 0.29) is 44.8 Å². The fraction of sp³-hybridized carbons (Fsp3) is 0.103. The predicted molar refractivity (Wildman–Crippen MR) is 235 cm³/mol. The van der Waals surface area contributed by atoms with E-state index in [1.807, 2.05) is 0 Å². The molecule has 1 aromatic heterocycles. The lowest BCUT2D eigenvalue weighted by Crippen LogP contribution is -2.05. The summed E-state index contributed by atoms with van der Waals surface area (Å²) in [6.45, 7) is 6.79. The van der Waals surface area contributed by atoms with Crippen molar-refractivity contribution in [2.75, 3.05) is 10.6 Å². The third kappa shape index (κ3) is 10.1. The first-order chi connectivity index (χ1) is 30.3. The molecule has 0 saturated heterocycles. The third-order valence-electron chi connectivity index (χ3n) is 9.67. The van der Waals surface area contributed by atoms with Gasteiger partial charge in [-0.25, -0.2) is 0 Å². The van der Waals surface area contributed by atoms with Gasteiger partial charge in [0.15, 0.2) is 0 Å². The molecule has 0 aliphatic heterocycles. The van der Waals surface area contributed by atoms with E-state index in [2.05, 4.69) is 46.0 Å². The summed E-state index contributed by atoms with van der Waals surface area (Å²) in [6.07, 6.45) is 0. The second-order valence-corrected chi connectivity index (χ2v) is 19.9. The molecule has 336 valence electrons. The average molecular weight is 964 g/mol. The largest absolute Gasteiger partial charge is 0.479 e. The maximum atomic E-state index is 12.2. The van der Waals surface area contributed by atoms with Gasteiger partial charge in [-0.2, -0.15) is 69.1 Å². The molecule has 26 heteroatoms. The van der Waals surface area contributed by atoms with E-state index in [0.29, 0.717) is 45.0 Å². The van der Waals surface area contributed by atoms with E-state index >= 15 is 0 Å². The molecule has 0 amide bonds. The number of azo groups is 2. The molecule has 6 aromatic carbocycles. The SMILES string of the molecule is Cc1cc(Nc2nc(O)nc(Nc3cc(C)c(N=Nc4cc(S(=O)(=O)O)c5cccc(S(=O)(=O)O)c5c4)cc3C)n2)c(C)cc1N=Nc1cc(S(=O)(=O)O)c2cccc(S(=O)(=O)O)c2c1. The second-order valence-electron chi connectivity index (χ2n) is 14.3. The Labute approximate surface area is 369 Å². The highest BCUT2D eigenvalue weighted by Crippen LogP contribution is 2.37. The van der Waals surface area contributed by atoms with E-state index < -0.39 is 66.1 Å². The summed E-state index contributed by atoms with van der Waals surface area (Å²) in [5, 5.41) is 32.3. The lowest BCUT2D eigenvalue weighted by atomic mass is 10.1. The summed E-state index contributed by atoms with van der Waals surface area (Å²) >= 11 is 0. The van der Waals surface area contributed by atoms with Crippen molar-refractivity contribution in [3.05, 3.63) is 107 Å². The molecule has 0 aliphatic carbocycles. The Kier molecular flexibility index (Phi) is 12.0. The molecule has 0 spiro atoms. The van der Waals surface area contributed by atoms with Crippen molar-refractivity contribution in [2.45, 2.75) is 47.3 Å². The Bertz CT molecular complexity index is 3450. The third-order valence-corrected chi connectivity index (χ3v) is 13.3. The van der Waals surface area contributed by atoms with Gasteiger partial charge >= 0.3 is 6.01 Å². The number of hydrogen-bond acceptors (Lipinski definition) is 18. The fourth-order valence-electron chi connectivity index (χ4n) is 6.64. The molecule has 0 unspecified atom stereocenters. The first kappa shape index (κ1) is 46.1. The van der Waals surface area contributed by atoms with Crippen molar-refractivity contribution in [1.82, 2.24) is 15.0 Å². The number of aromatic nitrogens is 3. The van der Waals surface area contributed by atoms with Gasteiger partial charge in [0.25, 0.3) is 40.5 Å². The molecule has 0 atom stereocenters. The van der Waals surface area contributed by atoms with Crippen LogP contribution < -0.4 is 10.6 Å². The summed E-state index contributed by atoms with van der Waals surface area (Å²) in [6, 6.07) is 17.4. The number of aromatic hydroxyl groups is 1. The summed E-state index contributed by atoms with van der Waals surface area (Å²) in [5.41, 5.74) is 3.51. The lowest BCUT2D eigenvalue weighted by Gasteiger charge is -2.13. The number of benzene rings is 6. The molecule has 0 radical (unpaired) electrons. The van der Waals surface area contributed by atoms with Crippen LogP contribution in [0.4, 0.5) is 46.0 Å². The van der Waals surface area contributed by atoms with Crippen LogP contribution in [0.1, 0.15) is 22.3 Å². The van der Waals surface area contributed by atoms with E-state index in [9.17, 15) is 57.0 Å². The Hall–Kier alpha value is -6.91. The quantitative estimate of drug-likeness (QED) is 0.0446. The molecule has 22 nitrogen and oxygen atoms in total. The number of nitrogens with zero attached hydrogens (tertiary/aromatic N) is 7. The van der Waals surface area contributed by atoms with Crippen molar-refractivity contribution in [3.63, 3.8) is 0 Å². The van der Waals surface area contributed by atoms with Crippen LogP contribution in [-0.4, -0.2) is 71.9 Å². The van der Waals surface area contributed by atoms with Crippen molar-refractivity contribution < 1.29 is 57.0 Å². The molecule has 0 bridgehead atoms. The molecule has 7 rings (SSSR count). The summed E-state index contributed by atoms with van der Waals surface area (Å²) < 4.78 is 136. The zero-order chi connectivity index (χ0) is 47.4. The van der Waals surface area contributed by atoms with Gasteiger partial charge in [-0.15, -0.1) is 0 Å². The molecule has 0 fully saturated rings.